The van der Waals surface area contributed by atoms with Gasteiger partial charge in [-0.1, -0.05) is 6.92 Å². The maximum absolute atomic E-state index is 5.59. The van der Waals surface area contributed by atoms with E-state index >= 15 is 0 Å². The van der Waals surface area contributed by atoms with Gasteiger partial charge in [-0.3, -0.25) is 0 Å². The van der Waals surface area contributed by atoms with Crippen LogP contribution in [0.4, 0.5) is 5.82 Å². The molecule has 0 radical (unpaired) electrons. The molecule has 1 atom stereocenters. The lowest BCUT2D eigenvalue weighted by Crippen LogP contribution is -2.25. The van der Waals surface area contributed by atoms with Gasteiger partial charge in [0.2, 0.25) is 0 Å². The van der Waals surface area contributed by atoms with Gasteiger partial charge in [-0.15, -0.1) is 5.10 Å². The SMILES string of the molecule is CCc1ccc(NCC(C)N)nn1. The van der Waals surface area contributed by atoms with Gasteiger partial charge in [0, 0.05) is 12.6 Å². The fraction of sp³-hybridized carbons (Fsp3) is 0.556. The molecule has 0 saturated carbocycles. The van der Waals surface area contributed by atoms with E-state index in [4.69, 9.17) is 5.73 Å². The summed E-state index contributed by atoms with van der Waals surface area (Å²) < 4.78 is 0. The molecular formula is C9H16N4. The molecule has 0 saturated heterocycles. The summed E-state index contributed by atoms with van der Waals surface area (Å²) in [5.41, 5.74) is 6.59. The van der Waals surface area contributed by atoms with Crippen molar-refractivity contribution < 1.29 is 0 Å². The highest BCUT2D eigenvalue weighted by molar-refractivity contribution is 5.32. The van der Waals surface area contributed by atoms with Crippen LogP contribution in [0.15, 0.2) is 12.1 Å². The zero-order valence-corrected chi connectivity index (χ0v) is 8.12. The molecule has 0 fully saturated rings. The van der Waals surface area contributed by atoms with Crippen LogP contribution in [0.2, 0.25) is 0 Å². The Morgan fingerprint density at radius 3 is 2.69 bits per heavy atom. The van der Waals surface area contributed by atoms with E-state index in [9.17, 15) is 0 Å². The van der Waals surface area contributed by atoms with Crippen molar-refractivity contribution in [2.75, 3.05) is 11.9 Å². The van der Waals surface area contributed by atoms with E-state index in [0.717, 1.165) is 24.5 Å². The van der Waals surface area contributed by atoms with Crippen LogP contribution in [0.25, 0.3) is 0 Å². The van der Waals surface area contributed by atoms with E-state index in [1.165, 1.54) is 0 Å². The van der Waals surface area contributed by atoms with Crippen LogP contribution in [0.5, 0.6) is 0 Å². The molecule has 72 valence electrons. The maximum Gasteiger partial charge on any atom is 0.148 e. The number of nitrogens with two attached hydrogens (primary N) is 1. The quantitative estimate of drug-likeness (QED) is 0.719. The van der Waals surface area contributed by atoms with Crippen LogP contribution in [0.1, 0.15) is 19.5 Å². The van der Waals surface area contributed by atoms with E-state index in [1.807, 2.05) is 19.1 Å². The van der Waals surface area contributed by atoms with Gasteiger partial charge >= 0.3 is 0 Å². The topological polar surface area (TPSA) is 63.8 Å². The summed E-state index contributed by atoms with van der Waals surface area (Å²) in [6.45, 7) is 4.72. The smallest absolute Gasteiger partial charge is 0.148 e. The molecule has 0 aliphatic heterocycles. The average Bonchev–Trinajstić information content (AvgIpc) is 2.15. The Kier molecular flexibility index (Phi) is 3.64. The zero-order chi connectivity index (χ0) is 9.68. The van der Waals surface area contributed by atoms with Gasteiger partial charge in [0.05, 0.1) is 5.69 Å². The first-order chi connectivity index (χ1) is 6.22. The minimum atomic E-state index is 0.132. The number of nitrogens with one attached hydrogen (secondary N) is 1. The molecule has 1 aromatic heterocycles. The highest BCUT2D eigenvalue weighted by atomic mass is 15.2. The number of rotatable bonds is 4. The summed E-state index contributed by atoms with van der Waals surface area (Å²) in [4.78, 5) is 0. The average molecular weight is 180 g/mol. The fourth-order valence-corrected chi connectivity index (χ4v) is 0.908. The van der Waals surface area contributed by atoms with Crippen molar-refractivity contribution in [1.29, 1.82) is 0 Å². The second-order valence-corrected chi connectivity index (χ2v) is 3.12. The van der Waals surface area contributed by atoms with Gasteiger partial charge in [0.15, 0.2) is 0 Å². The Morgan fingerprint density at radius 2 is 2.23 bits per heavy atom. The normalized spacial score (nSPS) is 12.5. The molecule has 1 rings (SSSR count). The van der Waals surface area contributed by atoms with Crippen LogP contribution in [0, 0.1) is 0 Å². The second-order valence-electron chi connectivity index (χ2n) is 3.12. The third-order valence-electron chi connectivity index (χ3n) is 1.69. The molecule has 3 N–H and O–H groups in total. The van der Waals surface area contributed by atoms with Gasteiger partial charge in [-0.25, -0.2) is 0 Å². The van der Waals surface area contributed by atoms with Crippen molar-refractivity contribution in [3.63, 3.8) is 0 Å². The zero-order valence-electron chi connectivity index (χ0n) is 8.12. The number of hydrogen-bond donors (Lipinski definition) is 2. The standard InChI is InChI=1S/C9H16N4/c1-3-8-4-5-9(13-12-8)11-6-7(2)10/h4-5,7H,3,6,10H2,1-2H3,(H,11,13). The predicted octanol–water partition coefficient (Wildman–Crippen LogP) is 0.798. The molecule has 0 bridgehead atoms. The van der Waals surface area contributed by atoms with E-state index in [2.05, 4.69) is 22.4 Å². The van der Waals surface area contributed by atoms with Gasteiger partial charge in [0.1, 0.15) is 5.82 Å². The van der Waals surface area contributed by atoms with E-state index < -0.39 is 0 Å². The monoisotopic (exact) mass is 180 g/mol. The number of nitrogens with zero attached hydrogens (tertiary/aromatic N) is 2. The minimum absolute atomic E-state index is 0.132. The largest absolute Gasteiger partial charge is 0.367 e. The molecule has 0 aliphatic carbocycles. The first-order valence-corrected chi connectivity index (χ1v) is 4.54. The highest BCUT2D eigenvalue weighted by Crippen LogP contribution is 2.01. The van der Waals surface area contributed by atoms with E-state index in [0.29, 0.717) is 0 Å². The van der Waals surface area contributed by atoms with Crippen LogP contribution in [-0.2, 0) is 6.42 Å². The van der Waals surface area contributed by atoms with E-state index in [-0.39, 0.29) is 6.04 Å². The summed E-state index contributed by atoms with van der Waals surface area (Å²) in [5, 5.41) is 11.1. The lowest BCUT2D eigenvalue weighted by molar-refractivity contribution is 0.773. The molecule has 4 heteroatoms. The molecule has 4 nitrogen and oxygen atoms in total. The molecule has 0 aromatic carbocycles. The van der Waals surface area contributed by atoms with Crippen molar-refractivity contribution >= 4 is 5.82 Å². The first kappa shape index (κ1) is 9.92. The van der Waals surface area contributed by atoms with Crippen LogP contribution >= 0.6 is 0 Å². The lowest BCUT2D eigenvalue weighted by Gasteiger charge is -2.07. The second kappa shape index (κ2) is 4.77. The Bertz CT molecular complexity index is 242. The lowest BCUT2D eigenvalue weighted by atomic mass is 10.3. The molecule has 0 amide bonds. The van der Waals surface area contributed by atoms with Crippen LogP contribution in [-0.4, -0.2) is 22.8 Å². The summed E-state index contributed by atoms with van der Waals surface area (Å²) >= 11 is 0. The minimum Gasteiger partial charge on any atom is -0.367 e. The third-order valence-corrected chi connectivity index (χ3v) is 1.69. The number of anilines is 1. The van der Waals surface area contributed by atoms with Crippen molar-refractivity contribution in [2.45, 2.75) is 26.3 Å². The molecular weight excluding hydrogens is 164 g/mol. The van der Waals surface area contributed by atoms with Crippen molar-refractivity contribution in [3.8, 4) is 0 Å². The van der Waals surface area contributed by atoms with Crippen molar-refractivity contribution in [3.05, 3.63) is 17.8 Å². The number of aromatic nitrogens is 2. The highest BCUT2D eigenvalue weighted by Gasteiger charge is 1.97. The van der Waals surface area contributed by atoms with Crippen LogP contribution in [0.3, 0.4) is 0 Å². The molecule has 1 aromatic rings. The Balaban J connectivity index is 2.49. The maximum atomic E-state index is 5.59. The van der Waals surface area contributed by atoms with Crippen LogP contribution < -0.4 is 11.1 Å². The number of aryl methyl sites for hydroxylation is 1. The van der Waals surface area contributed by atoms with Crippen molar-refractivity contribution in [2.24, 2.45) is 5.73 Å². The van der Waals surface area contributed by atoms with Gasteiger partial charge in [-0.05, 0) is 25.5 Å². The molecule has 0 aliphatic rings. The Morgan fingerprint density at radius 1 is 1.46 bits per heavy atom. The van der Waals surface area contributed by atoms with E-state index in [1.54, 1.807) is 0 Å². The van der Waals surface area contributed by atoms with Crippen molar-refractivity contribution in [1.82, 2.24) is 10.2 Å². The van der Waals surface area contributed by atoms with Gasteiger partial charge in [-0.2, -0.15) is 5.10 Å². The molecule has 13 heavy (non-hydrogen) atoms. The van der Waals surface area contributed by atoms with Gasteiger partial charge < -0.3 is 11.1 Å². The summed E-state index contributed by atoms with van der Waals surface area (Å²) in [7, 11) is 0. The summed E-state index contributed by atoms with van der Waals surface area (Å²) in [6.07, 6.45) is 0.917. The molecule has 1 heterocycles. The first-order valence-electron chi connectivity index (χ1n) is 4.54. The Hall–Kier alpha value is -1.16. The number of hydrogen-bond acceptors (Lipinski definition) is 4. The van der Waals surface area contributed by atoms with Gasteiger partial charge in [0.25, 0.3) is 0 Å². The molecule has 1 unspecified atom stereocenters. The third kappa shape index (κ3) is 3.38. The Labute approximate surface area is 78.6 Å². The predicted molar refractivity (Wildman–Crippen MR) is 53.5 cm³/mol. The summed E-state index contributed by atoms with van der Waals surface area (Å²) in [6, 6.07) is 4.03. The fourth-order valence-electron chi connectivity index (χ4n) is 0.908. The summed E-state index contributed by atoms with van der Waals surface area (Å²) in [5.74, 6) is 0.787. The molecule has 0 spiro atoms.